The van der Waals surface area contributed by atoms with Gasteiger partial charge in [0.05, 0.1) is 11.0 Å². The molecule has 19 heavy (non-hydrogen) atoms. The molecule has 0 radical (unpaired) electrons. The van der Waals surface area contributed by atoms with Crippen LogP contribution in [0.5, 0.6) is 0 Å². The summed E-state index contributed by atoms with van der Waals surface area (Å²) in [6, 6.07) is 6.45. The zero-order valence-electron chi connectivity index (χ0n) is 10.9. The van der Waals surface area contributed by atoms with Crippen LogP contribution in [-0.2, 0) is 10.0 Å². The smallest absolute Gasteiger partial charge is 0.240 e. The van der Waals surface area contributed by atoms with Crippen molar-refractivity contribution in [3.63, 3.8) is 0 Å². The summed E-state index contributed by atoms with van der Waals surface area (Å²) in [4.78, 5) is 0.217. The maximum Gasteiger partial charge on any atom is 0.240 e. The van der Waals surface area contributed by atoms with Crippen molar-refractivity contribution in [2.24, 2.45) is 0 Å². The van der Waals surface area contributed by atoms with Gasteiger partial charge in [0.15, 0.2) is 0 Å². The van der Waals surface area contributed by atoms with E-state index < -0.39 is 16.1 Å². The Morgan fingerprint density at radius 1 is 1.53 bits per heavy atom. The Morgan fingerprint density at radius 2 is 2.32 bits per heavy atom. The molecule has 1 saturated heterocycles. The van der Waals surface area contributed by atoms with Crippen LogP contribution >= 0.6 is 11.8 Å². The second kappa shape index (κ2) is 6.26. The molecule has 2 N–H and O–H groups in total. The lowest BCUT2D eigenvalue weighted by atomic mass is 10.1. The first-order valence-electron chi connectivity index (χ1n) is 6.38. The Balaban J connectivity index is 2.07. The molecule has 1 fully saturated rings. The van der Waals surface area contributed by atoms with Gasteiger partial charge in [0, 0.05) is 11.8 Å². The Bertz CT molecular complexity index is 522. The van der Waals surface area contributed by atoms with Gasteiger partial charge >= 0.3 is 0 Å². The van der Waals surface area contributed by atoms with Gasteiger partial charge in [-0.2, -0.15) is 11.8 Å². The highest BCUT2D eigenvalue weighted by molar-refractivity contribution is 8.00. The minimum atomic E-state index is -3.48. The van der Waals surface area contributed by atoms with E-state index in [4.69, 9.17) is 0 Å². The minimum absolute atomic E-state index is 0.217. The zero-order chi connectivity index (χ0) is 13.9. The quantitative estimate of drug-likeness (QED) is 0.872. The van der Waals surface area contributed by atoms with Crippen LogP contribution < -0.4 is 4.72 Å². The van der Waals surface area contributed by atoms with Crippen LogP contribution in [0.25, 0.3) is 0 Å². The van der Waals surface area contributed by atoms with Crippen LogP contribution in [0.3, 0.4) is 0 Å². The number of benzene rings is 1. The van der Waals surface area contributed by atoms with Gasteiger partial charge in [0.25, 0.3) is 0 Å². The van der Waals surface area contributed by atoms with E-state index in [2.05, 4.69) is 4.72 Å². The van der Waals surface area contributed by atoms with Crippen molar-refractivity contribution in [3.8, 4) is 0 Å². The molecular formula is C13H19NO3S2. The second-order valence-corrected chi connectivity index (χ2v) is 7.91. The number of rotatable bonds is 5. The van der Waals surface area contributed by atoms with Crippen molar-refractivity contribution in [3.05, 3.63) is 29.8 Å². The third kappa shape index (κ3) is 3.95. The summed E-state index contributed by atoms with van der Waals surface area (Å²) in [6.45, 7) is 2.10. The molecule has 1 aromatic carbocycles. The number of sulfonamides is 1. The molecule has 0 saturated carbocycles. The second-order valence-electron chi connectivity index (χ2n) is 4.74. The van der Waals surface area contributed by atoms with Gasteiger partial charge in [-0.15, -0.1) is 0 Å². The monoisotopic (exact) mass is 301 g/mol. The van der Waals surface area contributed by atoms with Crippen molar-refractivity contribution < 1.29 is 13.5 Å². The molecule has 6 heteroatoms. The van der Waals surface area contributed by atoms with Gasteiger partial charge in [-0.3, -0.25) is 0 Å². The molecule has 0 spiro atoms. The molecule has 1 aliphatic rings. The van der Waals surface area contributed by atoms with E-state index in [1.165, 1.54) is 6.07 Å². The number of hydrogen-bond donors (Lipinski definition) is 2. The average Bonchev–Trinajstić information content (AvgIpc) is 2.90. The predicted molar refractivity (Wildman–Crippen MR) is 77.7 cm³/mol. The molecule has 2 atom stereocenters. The molecule has 106 valence electrons. The largest absolute Gasteiger partial charge is 0.389 e. The Morgan fingerprint density at radius 3 is 2.95 bits per heavy atom. The minimum Gasteiger partial charge on any atom is -0.389 e. The molecule has 1 heterocycles. The van der Waals surface area contributed by atoms with Crippen LogP contribution in [0.2, 0.25) is 0 Å². The topological polar surface area (TPSA) is 66.4 Å². The van der Waals surface area contributed by atoms with Gasteiger partial charge in [0.2, 0.25) is 10.0 Å². The molecule has 0 bridgehead atoms. The van der Waals surface area contributed by atoms with Gasteiger partial charge in [-0.05, 0) is 43.2 Å². The normalized spacial score (nSPS) is 21.5. The van der Waals surface area contributed by atoms with Gasteiger partial charge < -0.3 is 5.11 Å². The number of thioether (sulfide) groups is 1. The SMILES string of the molecule is CC(O)c1cccc(S(=O)(=O)NCC2CCCS2)c1. The maximum absolute atomic E-state index is 12.2. The number of nitrogens with one attached hydrogen (secondary N) is 1. The molecule has 1 aliphatic heterocycles. The molecule has 0 amide bonds. The van der Waals surface area contributed by atoms with E-state index in [1.807, 2.05) is 11.8 Å². The van der Waals surface area contributed by atoms with E-state index >= 15 is 0 Å². The van der Waals surface area contributed by atoms with Crippen LogP contribution in [0, 0.1) is 0 Å². The van der Waals surface area contributed by atoms with Crippen molar-refractivity contribution in [1.82, 2.24) is 4.72 Å². The fourth-order valence-electron chi connectivity index (χ4n) is 2.03. The lowest BCUT2D eigenvalue weighted by Gasteiger charge is -2.12. The molecular weight excluding hydrogens is 282 g/mol. The first-order valence-corrected chi connectivity index (χ1v) is 8.91. The molecule has 0 aliphatic carbocycles. The highest BCUT2D eigenvalue weighted by atomic mass is 32.2. The molecule has 1 aromatic rings. The maximum atomic E-state index is 12.2. The van der Waals surface area contributed by atoms with Crippen LogP contribution in [-0.4, -0.2) is 31.1 Å². The third-order valence-corrected chi connectivity index (χ3v) is 6.00. The van der Waals surface area contributed by atoms with E-state index in [9.17, 15) is 13.5 Å². The lowest BCUT2D eigenvalue weighted by molar-refractivity contribution is 0.199. The summed E-state index contributed by atoms with van der Waals surface area (Å²) < 4.78 is 27.0. The van der Waals surface area contributed by atoms with Gasteiger partial charge in [0.1, 0.15) is 0 Å². The fraction of sp³-hybridized carbons (Fsp3) is 0.538. The van der Waals surface area contributed by atoms with Gasteiger partial charge in [-0.25, -0.2) is 13.1 Å². The van der Waals surface area contributed by atoms with Crippen LogP contribution in [0.4, 0.5) is 0 Å². The van der Waals surface area contributed by atoms with E-state index in [0.29, 0.717) is 17.4 Å². The summed E-state index contributed by atoms with van der Waals surface area (Å²) in [7, 11) is -3.48. The predicted octanol–water partition coefficient (Wildman–Crippen LogP) is 1.91. The Kier molecular flexibility index (Phi) is 4.89. The third-order valence-electron chi connectivity index (χ3n) is 3.18. The molecule has 2 rings (SSSR count). The van der Waals surface area contributed by atoms with E-state index in [-0.39, 0.29) is 4.90 Å². The first kappa shape index (κ1) is 14.8. The molecule has 4 nitrogen and oxygen atoms in total. The van der Waals surface area contributed by atoms with E-state index in [0.717, 1.165) is 18.6 Å². The summed E-state index contributed by atoms with van der Waals surface area (Å²) in [5.41, 5.74) is 0.609. The van der Waals surface area contributed by atoms with Crippen LogP contribution in [0.1, 0.15) is 31.4 Å². The number of aliphatic hydroxyl groups excluding tert-OH is 1. The number of hydrogen-bond acceptors (Lipinski definition) is 4. The Hall–Kier alpha value is -0.560. The van der Waals surface area contributed by atoms with Crippen molar-refractivity contribution in [2.75, 3.05) is 12.3 Å². The average molecular weight is 301 g/mol. The van der Waals surface area contributed by atoms with Crippen LogP contribution in [0.15, 0.2) is 29.2 Å². The molecule has 2 unspecified atom stereocenters. The van der Waals surface area contributed by atoms with Crippen molar-refractivity contribution >= 4 is 21.8 Å². The standard InChI is InChI=1S/C13H19NO3S2/c1-10(15)11-4-2-6-13(8-11)19(16,17)14-9-12-5-3-7-18-12/h2,4,6,8,10,12,14-15H,3,5,7,9H2,1H3. The van der Waals surface area contributed by atoms with Crippen molar-refractivity contribution in [2.45, 2.75) is 36.0 Å². The highest BCUT2D eigenvalue weighted by Crippen LogP contribution is 2.26. The zero-order valence-corrected chi connectivity index (χ0v) is 12.5. The van der Waals surface area contributed by atoms with Gasteiger partial charge in [-0.1, -0.05) is 12.1 Å². The number of aliphatic hydroxyl groups is 1. The highest BCUT2D eigenvalue weighted by Gasteiger charge is 2.20. The Labute approximate surface area is 118 Å². The summed E-state index contributed by atoms with van der Waals surface area (Å²) in [5, 5.41) is 9.88. The lowest BCUT2D eigenvalue weighted by Crippen LogP contribution is -2.29. The first-order chi connectivity index (χ1) is 8.99. The fourth-order valence-corrected chi connectivity index (χ4v) is 4.48. The summed E-state index contributed by atoms with van der Waals surface area (Å²) in [5.74, 6) is 1.11. The van der Waals surface area contributed by atoms with Crippen molar-refractivity contribution in [1.29, 1.82) is 0 Å². The summed E-state index contributed by atoms with van der Waals surface area (Å²) in [6.07, 6.45) is 1.57. The summed E-state index contributed by atoms with van der Waals surface area (Å²) >= 11 is 1.82. The van der Waals surface area contributed by atoms with E-state index in [1.54, 1.807) is 25.1 Å². The molecule has 0 aromatic heterocycles.